The van der Waals surface area contributed by atoms with Crippen LogP contribution in [0.5, 0.6) is 0 Å². The van der Waals surface area contributed by atoms with Gasteiger partial charge in [-0.25, -0.2) is 0 Å². The molecule has 4 nitrogen and oxygen atoms in total. The molecule has 0 saturated carbocycles. The minimum absolute atomic E-state index is 0.0474. The molecule has 0 amide bonds. The van der Waals surface area contributed by atoms with Gasteiger partial charge in [0.15, 0.2) is 0 Å². The van der Waals surface area contributed by atoms with Crippen LogP contribution in [-0.4, -0.2) is 65.4 Å². The lowest BCUT2D eigenvalue weighted by atomic mass is 10.4. The lowest BCUT2D eigenvalue weighted by Crippen LogP contribution is -2.23. The monoisotopic (exact) mass is 252 g/mol. The van der Waals surface area contributed by atoms with Gasteiger partial charge in [0.05, 0.1) is 19.8 Å². The summed E-state index contributed by atoms with van der Waals surface area (Å²) in [6.45, 7) is 2.79. The van der Waals surface area contributed by atoms with Crippen molar-refractivity contribution in [2.45, 2.75) is 12.5 Å². The Kier molecular flexibility index (Phi) is 13.4. The molecule has 0 aromatic heterocycles. The van der Waals surface area contributed by atoms with Gasteiger partial charge >= 0.3 is 0 Å². The van der Waals surface area contributed by atoms with Crippen molar-refractivity contribution in [2.75, 3.05) is 59.3 Å². The Hall–Kier alpha value is 0.190. The van der Waals surface area contributed by atoms with Gasteiger partial charge in [-0.2, -0.15) is 11.8 Å². The molecule has 0 aliphatic rings. The minimum Gasteiger partial charge on any atom is -0.384 e. The van der Waals surface area contributed by atoms with Crippen molar-refractivity contribution >= 4 is 11.8 Å². The quantitative estimate of drug-likeness (QED) is 0.491. The van der Waals surface area contributed by atoms with Gasteiger partial charge < -0.3 is 18.9 Å². The molecule has 16 heavy (non-hydrogen) atoms. The Bertz CT molecular complexity index is 135. The Labute approximate surface area is 103 Å². The summed E-state index contributed by atoms with van der Waals surface area (Å²) in [6, 6.07) is 0. The van der Waals surface area contributed by atoms with Crippen LogP contribution in [0.25, 0.3) is 0 Å². The topological polar surface area (TPSA) is 36.9 Å². The third kappa shape index (κ3) is 10.7. The SMILES string of the molecule is COCCSCCCOCC(COC)OC. The van der Waals surface area contributed by atoms with E-state index < -0.39 is 0 Å². The van der Waals surface area contributed by atoms with Gasteiger partial charge in [0, 0.05) is 33.7 Å². The zero-order valence-corrected chi connectivity index (χ0v) is 11.4. The summed E-state index contributed by atoms with van der Waals surface area (Å²) in [5.74, 6) is 2.17. The van der Waals surface area contributed by atoms with Crippen LogP contribution in [0.2, 0.25) is 0 Å². The van der Waals surface area contributed by atoms with Crippen molar-refractivity contribution in [2.24, 2.45) is 0 Å². The van der Waals surface area contributed by atoms with E-state index in [4.69, 9.17) is 18.9 Å². The lowest BCUT2D eigenvalue weighted by molar-refractivity contribution is -0.0299. The molecule has 1 atom stereocenters. The van der Waals surface area contributed by atoms with Crippen LogP contribution in [0.3, 0.4) is 0 Å². The highest BCUT2D eigenvalue weighted by atomic mass is 32.2. The first-order valence-electron chi connectivity index (χ1n) is 5.51. The molecule has 5 heteroatoms. The van der Waals surface area contributed by atoms with E-state index in [1.165, 1.54) is 0 Å². The highest BCUT2D eigenvalue weighted by Crippen LogP contribution is 2.02. The first-order valence-corrected chi connectivity index (χ1v) is 6.66. The number of hydrogen-bond donors (Lipinski definition) is 0. The fraction of sp³-hybridized carbons (Fsp3) is 1.00. The number of rotatable bonds is 12. The van der Waals surface area contributed by atoms with Gasteiger partial charge in [-0.05, 0) is 12.2 Å². The fourth-order valence-electron chi connectivity index (χ4n) is 1.09. The molecular weight excluding hydrogens is 228 g/mol. The van der Waals surface area contributed by atoms with Crippen LogP contribution in [0.4, 0.5) is 0 Å². The Balaban J connectivity index is 3.12. The van der Waals surface area contributed by atoms with E-state index in [-0.39, 0.29) is 6.10 Å². The van der Waals surface area contributed by atoms with Crippen molar-refractivity contribution < 1.29 is 18.9 Å². The van der Waals surface area contributed by atoms with Gasteiger partial charge in [-0.3, -0.25) is 0 Å². The summed E-state index contributed by atoms with van der Waals surface area (Å²) in [4.78, 5) is 0. The standard InChI is InChI=1S/C11H24O4S/c1-12-6-8-16-7-4-5-15-10-11(14-3)9-13-2/h11H,4-10H2,1-3H3. The van der Waals surface area contributed by atoms with Crippen LogP contribution >= 0.6 is 11.8 Å². The lowest BCUT2D eigenvalue weighted by Gasteiger charge is -2.14. The molecule has 0 aromatic rings. The van der Waals surface area contributed by atoms with Crippen molar-refractivity contribution in [1.29, 1.82) is 0 Å². The largest absolute Gasteiger partial charge is 0.384 e. The molecule has 0 heterocycles. The van der Waals surface area contributed by atoms with E-state index in [2.05, 4.69) is 0 Å². The zero-order valence-electron chi connectivity index (χ0n) is 10.6. The Morgan fingerprint density at radius 1 is 0.938 bits per heavy atom. The van der Waals surface area contributed by atoms with Crippen molar-refractivity contribution in [3.05, 3.63) is 0 Å². The van der Waals surface area contributed by atoms with Crippen LogP contribution in [-0.2, 0) is 18.9 Å². The summed E-state index contributed by atoms with van der Waals surface area (Å²) in [5.41, 5.74) is 0. The maximum atomic E-state index is 5.50. The van der Waals surface area contributed by atoms with Crippen molar-refractivity contribution in [3.8, 4) is 0 Å². The predicted octanol–water partition coefficient (Wildman–Crippen LogP) is 1.43. The maximum absolute atomic E-state index is 5.50. The Morgan fingerprint density at radius 2 is 1.75 bits per heavy atom. The third-order valence-electron chi connectivity index (χ3n) is 2.00. The maximum Gasteiger partial charge on any atom is 0.104 e. The van der Waals surface area contributed by atoms with Crippen LogP contribution < -0.4 is 0 Å². The molecule has 0 fully saturated rings. The van der Waals surface area contributed by atoms with Crippen molar-refractivity contribution in [1.82, 2.24) is 0 Å². The fourth-order valence-corrected chi connectivity index (χ4v) is 1.90. The number of ether oxygens (including phenoxy) is 4. The summed E-state index contributed by atoms with van der Waals surface area (Å²) in [7, 11) is 5.07. The second-order valence-electron chi connectivity index (χ2n) is 3.35. The number of thioether (sulfide) groups is 1. The van der Waals surface area contributed by atoms with E-state index in [0.29, 0.717) is 13.2 Å². The molecule has 0 saturated heterocycles. The highest BCUT2D eigenvalue weighted by molar-refractivity contribution is 7.99. The van der Waals surface area contributed by atoms with Crippen LogP contribution in [0.1, 0.15) is 6.42 Å². The average Bonchev–Trinajstić information content (AvgIpc) is 2.31. The summed E-state index contributed by atoms with van der Waals surface area (Å²) >= 11 is 1.89. The predicted molar refractivity (Wildman–Crippen MR) is 67.3 cm³/mol. The molecule has 0 bridgehead atoms. The van der Waals surface area contributed by atoms with E-state index in [0.717, 1.165) is 31.1 Å². The first kappa shape index (κ1) is 16.2. The van der Waals surface area contributed by atoms with Gasteiger partial charge in [0.2, 0.25) is 0 Å². The minimum atomic E-state index is 0.0474. The van der Waals surface area contributed by atoms with Gasteiger partial charge in [0.1, 0.15) is 6.10 Å². The van der Waals surface area contributed by atoms with Crippen LogP contribution in [0, 0.1) is 0 Å². The highest BCUT2D eigenvalue weighted by Gasteiger charge is 2.05. The smallest absolute Gasteiger partial charge is 0.104 e. The molecule has 0 aromatic carbocycles. The van der Waals surface area contributed by atoms with Gasteiger partial charge in [-0.15, -0.1) is 0 Å². The molecule has 98 valence electrons. The third-order valence-corrected chi connectivity index (χ3v) is 3.03. The molecule has 0 aliphatic heterocycles. The summed E-state index contributed by atoms with van der Waals surface area (Å²) in [5, 5.41) is 0. The molecule has 0 aliphatic carbocycles. The van der Waals surface area contributed by atoms with E-state index >= 15 is 0 Å². The van der Waals surface area contributed by atoms with E-state index in [1.807, 2.05) is 11.8 Å². The molecule has 0 radical (unpaired) electrons. The summed E-state index contributed by atoms with van der Waals surface area (Å²) in [6.07, 6.45) is 1.11. The second-order valence-corrected chi connectivity index (χ2v) is 4.57. The average molecular weight is 252 g/mol. The van der Waals surface area contributed by atoms with E-state index in [9.17, 15) is 0 Å². The number of methoxy groups -OCH3 is 3. The normalized spacial score (nSPS) is 12.9. The Morgan fingerprint density at radius 3 is 2.38 bits per heavy atom. The zero-order chi connectivity index (χ0) is 12.1. The molecule has 0 spiro atoms. The molecule has 0 rings (SSSR count). The van der Waals surface area contributed by atoms with Crippen molar-refractivity contribution in [3.63, 3.8) is 0 Å². The van der Waals surface area contributed by atoms with Gasteiger partial charge in [0.25, 0.3) is 0 Å². The molecule has 0 N–H and O–H groups in total. The first-order chi connectivity index (χ1) is 7.85. The van der Waals surface area contributed by atoms with Gasteiger partial charge in [-0.1, -0.05) is 0 Å². The van der Waals surface area contributed by atoms with E-state index in [1.54, 1.807) is 21.3 Å². The molecular formula is C11H24O4S. The molecule has 1 unspecified atom stereocenters. The second kappa shape index (κ2) is 13.3. The number of hydrogen-bond acceptors (Lipinski definition) is 5. The summed E-state index contributed by atoms with van der Waals surface area (Å²) < 4.78 is 20.6. The van der Waals surface area contributed by atoms with Crippen LogP contribution in [0.15, 0.2) is 0 Å².